The summed E-state index contributed by atoms with van der Waals surface area (Å²) < 4.78 is 0. The fraction of sp³-hybridized carbons (Fsp3) is 0.444. The number of allylic oxidation sites excluding steroid dienone is 4. The molecule has 0 aromatic heterocycles. The van der Waals surface area contributed by atoms with E-state index in [-0.39, 0.29) is 50.7 Å². The Labute approximate surface area is 112 Å². The van der Waals surface area contributed by atoms with E-state index in [9.17, 15) is 0 Å². The summed E-state index contributed by atoms with van der Waals surface area (Å²) >= 11 is 0. The van der Waals surface area contributed by atoms with Crippen LogP contribution in [0.15, 0.2) is 24.3 Å². The molecule has 0 heterocycles. The quantitative estimate of drug-likeness (QED) is 0.409. The van der Waals surface area contributed by atoms with Gasteiger partial charge in [0.1, 0.15) is 0 Å². The smallest absolute Gasteiger partial charge is 1.00 e. The van der Waals surface area contributed by atoms with E-state index in [0.29, 0.717) is 0 Å². The van der Waals surface area contributed by atoms with E-state index in [1.165, 1.54) is 25.7 Å². The van der Waals surface area contributed by atoms with Gasteiger partial charge in [0.25, 0.3) is 6.79 Å². The fourth-order valence-corrected chi connectivity index (χ4v) is 0.856. The van der Waals surface area contributed by atoms with Crippen molar-refractivity contribution in [3.8, 4) is 0 Å². The van der Waals surface area contributed by atoms with E-state index in [1.807, 2.05) is 0 Å². The molecule has 13 heavy (non-hydrogen) atoms. The molecule has 0 bridgehead atoms. The summed E-state index contributed by atoms with van der Waals surface area (Å²) in [6, 6.07) is 0. The Balaban J connectivity index is -0.0000000761. The van der Waals surface area contributed by atoms with E-state index < -0.39 is 0 Å². The van der Waals surface area contributed by atoms with Crippen molar-refractivity contribution in [1.29, 1.82) is 0 Å². The number of rotatable bonds is 0. The number of carbonyl (C=O) groups excluding carboxylic acids is 1. The average molecular weight is 355 g/mol. The third-order valence-corrected chi connectivity index (χ3v) is 1.33. The SMILES string of the molecule is C1=C\CC/C=C\CC/1.[Br-].[Br-].[C]=O.[Co+2]. The Bertz CT molecular complexity index is 101. The first kappa shape index (κ1) is 23.4. The van der Waals surface area contributed by atoms with Crippen LogP contribution >= 0.6 is 0 Å². The van der Waals surface area contributed by atoms with Crippen molar-refractivity contribution >= 4 is 6.79 Å². The molecule has 1 aliphatic rings. The molecule has 0 amide bonds. The molecule has 4 heteroatoms. The maximum atomic E-state index is 7.50. The molecule has 0 aromatic rings. The summed E-state index contributed by atoms with van der Waals surface area (Å²) in [5.74, 6) is 0. The molecular weight excluding hydrogens is 343 g/mol. The zero-order valence-corrected chi connectivity index (χ0v) is 11.3. The normalized spacial score (nSPS) is 17.5. The third-order valence-electron chi connectivity index (χ3n) is 1.33. The minimum Gasteiger partial charge on any atom is -1.00 e. The van der Waals surface area contributed by atoms with Crippen LogP contribution in [0.1, 0.15) is 25.7 Å². The van der Waals surface area contributed by atoms with Gasteiger partial charge in [-0.25, -0.2) is 0 Å². The maximum absolute atomic E-state index is 7.50. The molecule has 77 valence electrons. The van der Waals surface area contributed by atoms with Gasteiger partial charge >= 0.3 is 16.8 Å². The molecule has 0 aliphatic heterocycles. The molecule has 0 aromatic carbocycles. The summed E-state index contributed by atoms with van der Waals surface area (Å²) in [6.07, 6.45) is 14.0. The molecule has 0 N–H and O–H groups in total. The van der Waals surface area contributed by atoms with Crippen molar-refractivity contribution < 1.29 is 55.5 Å². The standard InChI is InChI=1S/C8H12.CO.2BrH.Co/c1-2-4-6-8-7-5-3-1;1-2;;;/h1-2,7-8H,3-6H2;;2*1H;/q;;;;+2/p-2/b2-1-,8-7-;;;;. The predicted molar refractivity (Wildman–Crippen MR) is 42.4 cm³/mol. The van der Waals surface area contributed by atoms with E-state index in [4.69, 9.17) is 4.79 Å². The zero-order chi connectivity index (χ0) is 7.66. The Kier molecular flexibility index (Phi) is 41.3. The van der Waals surface area contributed by atoms with Crippen molar-refractivity contribution in [2.24, 2.45) is 0 Å². The maximum Gasteiger partial charge on any atom is 2.00 e. The van der Waals surface area contributed by atoms with Crippen LogP contribution in [-0.2, 0) is 21.6 Å². The number of halogens is 2. The Morgan fingerprint density at radius 2 is 0.846 bits per heavy atom. The van der Waals surface area contributed by atoms with Gasteiger partial charge in [0.15, 0.2) is 0 Å². The molecule has 0 atom stereocenters. The molecule has 1 aliphatic carbocycles. The van der Waals surface area contributed by atoms with E-state index >= 15 is 0 Å². The van der Waals surface area contributed by atoms with Crippen molar-refractivity contribution in [3.05, 3.63) is 24.3 Å². The molecule has 3 radical (unpaired) electrons. The van der Waals surface area contributed by atoms with Gasteiger partial charge in [-0.1, -0.05) is 24.3 Å². The zero-order valence-electron chi connectivity index (χ0n) is 7.14. The molecule has 0 spiro atoms. The minimum atomic E-state index is 0. The van der Waals surface area contributed by atoms with Crippen LogP contribution in [0.5, 0.6) is 0 Å². The second-order valence-electron chi connectivity index (χ2n) is 2.10. The third kappa shape index (κ3) is 19.2. The molecule has 0 saturated carbocycles. The van der Waals surface area contributed by atoms with Gasteiger partial charge in [-0.15, -0.1) is 0 Å². The summed E-state index contributed by atoms with van der Waals surface area (Å²) in [7, 11) is 0. The molecule has 1 nitrogen and oxygen atoms in total. The molecule has 0 unspecified atom stereocenters. The van der Waals surface area contributed by atoms with Gasteiger partial charge in [0, 0.05) is 0 Å². The minimum absolute atomic E-state index is 0. The van der Waals surface area contributed by atoms with Crippen molar-refractivity contribution in [2.45, 2.75) is 25.7 Å². The number of hydrogen-bond donors (Lipinski definition) is 0. The Morgan fingerprint density at radius 3 is 1.00 bits per heavy atom. The topological polar surface area (TPSA) is 17.1 Å². The first-order chi connectivity index (χ1) is 5.00. The Morgan fingerprint density at radius 1 is 0.692 bits per heavy atom. The van der Waals surface area contributed by atoms with Crippen LogP contribution in [0.2, 0.25) is 0 Å². The second-order valence-corrected chi connectivity index (χ2v) is 2.10. The van der Waals surface area contributed by atoms with Gasteiger partial charge in [-0.05, 0) is 25.7 Å². The van der Waals surface area contributed by atoms with Crippen molar-refractivity contribution in [1.82, 2.24) is 0 Å². The van der Waals surface area contributed by atoms with E-state index in [1.54, 1.807) is 0 Å². The van der Waals surface area contributed by atoms with Gasteiger partial charge in [0.05, 0.1) is 0 Å². The number of hydrogen-bond acceptors (Lipinski definition) is 1. The summed E-state index contributed by atoms with van der Waals surface area (Å²) in [5.41, 5.74) is 0. The first-order valence-electron chi connectivity index (χ1n) is 3.50. The van der Waals surface area contributed by atoms with Crippen LogP contribution in [0.3, 0.4) is 0 Å². The van der Waals surface area contributed by atoms with Crippen molar-refractivity contribution in [2.75, 3.05) is 0 Å². The van der Waals surface area contributed by atoms with Crippen molar-refractivity contribution in [3.63, 3.8) is 0 Å². The largest absolute Gasteiger partial charge is 2.00 e. The van der Waals surface area contributed by atoms with Gasteiger partial charge in [-0.3, -0.25) is 4.79 Å². The first-order valence-corrected chi connectivity index (χ1v) is 3.50. The van der Waals surface area contributed by atoms with Crippen LogP contribution < -0.4 is 34.0 Å². The molecule has 0 fully saturated rings. The summed E-state index contributed by atoms with van der Waals surface area (Å²) in [6.45, 7) is 4.50. The van der Waals surface area contributed by atoms with Crippen LogP contribution in [0, 0.1) is 0 Å². The summed E-state index contributed by atoms with van der Waals surface area (Å²) in [4.78, 5) is 7.50. The molecular formula is C9H12Br2CoO. The predicted octanol–water partition coefficient (Wildman–Crippen LogP) is -3.72. The summed E-state index contributed by atoms with van der Waals surface area (Å²) in [5, 5.41) is 0. The van der Waals surface area contributed by atoms with Crippen LogP contribution in [0.25, 0.3) is 0 Å². The van der Waals surface area contributed by atoms with E-state index in [2.05, 4.69) is 31.1 Å². The fourth-order valence-electron chi connectivity index (χ4n) is 0.856. The van der Waals surface area contributed by atoms with Gasteiger partial charge < -0.3 is 34.0 Å². The van der Waals surface area contributed by atoms with Gasteiger partial charge in [-0.2, -0.15) is 0 Å². The monoisotopic (exact) mass is 353 g/mol. The average Bonchev–Trinajstić information content (AvgIpc) is 1.90. The molecule has 1 rings (SSSR count). The van der Waals surface area contributed by atoms with Gasteiger partial charge in [0.2, 0.25) is 0 Å². The van der Waals surface area contributed by atoms with Crippen LogP contribution in [-0.4, -0.2) is 6.79 Å². The van der Waals surface area contributed by atoms with Crippen LogP contribution in [0.4, 0.5) is 0 Å². The Hall–Kier alpha value is 0.616. The van der Waals surface area contributed by atoms with E-state index in [0.717, 1.165) is 0 Å². The second kappa shape index (κ2) is 22.9. The molecule has 0 saturated heterocycles.